The third kappa shape index (κ3) is 13.0. The normalized spacial score (nSPS) is 15.0. The average Bonchev–Trinajstić information content (AvgIpc) is 3.47. The zero-order valence-corrected chi connectivity index (χ0v) is 35.2. The van der Waals surface area contributed by atoms with E-state index in [1.807, 2.05) is 18.2 Å². The molecule has 12 nitrogen and oxygen atoms in total. The fourth-order valence-corrected chi connectivity index (χ4v) is 12.1. The number of ether oxygens (including phenoxy) is 2. The maximum Gasteiger partial charge on any atom is 0.325 e. The van der Waals surface area contributed by atoms with Gasteiger partial charge >= 0.3 is 11.9 Å². The van der Waals surface area contributed by atoms with E-state index < -0.39 is 54.9 Å². The van der Waals surface area contributed by atoms with Crippen molar-refractivity contribution < 1.29 is 55.2 Å². The van der Waals surface area contributed by atoms with Crippen LogP contribution in [0.5, 0.6) is 0 Å². The number of carbonyl (C=O) groups excluding carboxylic acids is 6. The summed E-state index contributed by atoms with van der Waals surface area (Å²) in [6.45, 7) is 3.46. The Morgan fingerprint density at radius 2 is 1.39 bits per heavy atom. The molecule has 0 aliphatic carbocycles. The molecule has 1 aliphatic rings. The number of nitrogens with one attached hydrogen (secondary N) is 2. The number of imide groups is 1. The molecule has 1 heterocycles. The minimum atomic E-state index is -1.99. The third-order valence-corrected chi connectivity index (χ3v) is 15.1. The van der Waals surface area contributed by atoms with Crippen LogP contribution in [0, 0.1) is 0 Å². The number of benzene rings is 3. The van der Waals surface area contributed by atoms with Crippen LogP contribution in [0.2, 0.25) is 0 Å². The lowest BCUT2D eigenvalue weighted by atomic mass is 10.1. The molecule has 3 aromatic carbocycles. The van der Waals surface area contributed by atoms with Crippen molar-refractivity contribution in [3.8, 4) is 0 Å². The number of unbranched alkanes of at least 4 members (excludes halogenated alkanes) is 2. The summed E-state index contributed by atoms with van der Waals surface area (Å²) < 4.78 is 9.76. The van der Waals surface area contributed by atoms with Crippen LogP contribution >= 0.6 is 19.0 Å². The number of hydrogen-bond acceptors (Lipinski definition) is 10. The molecule has 3 aromatic rings. The topological polar surface area (TPSA) is 174 Å². The van der Waals surface area contributed by atoms with Crippen LogP contribution in [0.25, 0.3) is 0 Å². The lowest BCUT2D eigenvalue weighted by Crippen LogP contribution is -3.00. The molecular formula is C41H52BrN4O8PS. The van der Waals surface area contributed by atoms with Gasteiger partial charge in [-0.1, -0.05) is 54.6 Å². The summed E-state index contributed by atoms with van der Waals surface area (Å²) in [7, 11) is -1.99. The Morgan fingerprint density at radius 3 is 1.93 bits per heavy atom. The van der Waals surface area contributed by atoms with Crippen molar-refractivity contribution in [3.63, 3.8) is 0 Å². The first-order valence-corrected chi connectivity index (χ1v) is 21.8. The molecule has 4 amide bonds. The van der Waals surface area contributed by atoms with Gasteiger partial charge in [0.2, 0.25) is 23.6 Å². The first kappa shape index (κ1) is 46.3. The molecule has 4 rings (SSSR count). The van der Waals surface area contributed by atoms with Gasteiger partial charge in [-0.05, 0) is 75.9 Å². The molecule has 302 valence electrons. The van der Waals surface area contributed by atoms with E-state index in [1.54, 1.807) is 13.8 Å². The highest BCUT2D eigenvalue weighted by molar-refractivity contribution is 8.00. The van der Waals surface area contributed by atoms with Gasteiger partial charge in [0, 0.05) is 25.1 Å². The number of thioether (sulfide) groups is 1. The molecule has 15 heteroatoms. The van der Waals surface area contributed by atoms with Crippen molar-refractivity contribution in [2.75, 3.05) is 38.2 Å². The van der Waals surface area contributed by atoms with Gasteiger partial charge in [-0.2, -0.15) is 0 Å². The van der Waals surface area contributed by atoms with Gasteiger partial charge in [0.1, 0.15) is 41.8 Å². The highest BCUT2D eigenvalue weighted by Crippen LogP contribution is 2.56. The molecule has 0 radical (unpaired) electrons. The van der Waals surface area contributed by atoms with E-state index in [-0.39, 0.29) is 67.0 Å². The Balaban J connectivity index is 0.00000841. The van der Waals surface area contributed by atoms with Crippen molar-refractivity contribution in [2.45, 2.75) is 69.7 Å². The molecule has 1 saturated heterocycles. The molecule has 1 aliphatic heterocycles. The standard InChI is InChI=1S/C41H51N4O8PS.BrH/c1-3-52-38(48)28-43-39(49)34(44-36(46)24-23-33(42)41(51)53-4-2)29-55-35-27-37(47)45(40(35)50)25-15-8-16-26-54(30-17-9-5-10-18-30,31-19-11-6-12-20-31)32-21-13-7-14-22-32;/h5-7,9-14,17-22,33-35H,3-4,8,15-16,23-29,42H2,1-2H3,(H-,43,44,46,49);1H/t33-,34-,35?;/m0./s1. The molecule has 0 aromatic heterocycles. The number of halogens is 1. The second-order valence-corrected chi connectivity index (χ2v) is 17.9. The number of amides is 4. The molecule has 0 saturated carbocycles. The maximum atomic E-state index is 13.5. The van der Waals surface area contributed by atoms with Gasteiger partial charge in [-0.25, -0.2) is 0 Å². The molecule has 56 heavy (non-hydrogen) atoms. The summed E-state index contributed by atoms with van der Waals surface area (Å²) in [5, 5.41) is 8.27. The van der Waals surface area contributed by atoms with Crippen molar-refractivity contribution in [3.05, 3.63) is 91.0 Å². The van der Waals surface area contributed by atoms with Crippen LogP contribution in [0.15, 0.2) is 91.0 Å². The maximum absolute atomic E-state index is 13.5. The molecule has 0 spiro atoms. The van der Waals surface area contributed by atoms with Gasteiger partial charge in [-0.3, -0.25) is 33.7 Å². The number of likely N-dealkylation sites (tertiary alicyclic amines) is 1. The van der Waals surface area contributed by atoms with Crippen molar-refractivity contribution in [2.24, 2.45) is 5.73 Å². The summed E-state index contributed by atoms with van der Waals surface area (Å²) in [6.07, 6.45) is 3.11. The summed E-state index contributed by atoms with van der Waals surface area (Å²) in [4.78, 5) is 77.4. The summed E-state index contributed by atoms with van der Waals surface area (Å²) in [6, 6.07) is 29.8. The Bertz CT molecular complexity index is 1640. The van der Waals surface area contributed by atoms with Crippen LogP contribution in [-0.4, -0.2) is 96.0 Å². The second kappa shape index (κ2) is 23.8. The molecule has 1 fully saturated rings. The van der Waals surface area contributed by atoms with Gasteiger partial charge < -0.3 is 42.8 Å². The van der Waals surface area contributed by atoms with Crippen LogP contribution in [0.3, 0.4) is 0 Å². The molecular weight excluding hydrogens is 819 g/mol. The Kier molecular flexibility index (Phi) is 19.7. The zero-order valence-electron chi connectivity index (χ0n) is 31.9. The fourth-order valence-electron chi connectivity index (χ4n) is 6.51. The zero-order chi connectivity index (χ0) is 39.6. The Morgan fingerprint density at radius 1 is 0.839 bits per heavy atom. The number of rotatable bonds is 22. The predicted octanol–water partition coefficient (Wildman–Crippen LogP) is -0.150. The van der Waals surface area contributed by atoms with Crippen molar-refractivity contribution in [1.29, 1.82) is 0 Å². The predicted molar refractivity (Wildman–Crippen MR) is 217 cm³/mol. The van der Waals surface area contributed by atoms with E-state index in [9.17, 15) is 28.8 Å². The van der Waals surface area contributed by atoms with Crippen LogP contribution in [0.1, 0.15) is 52.4 Å². The monoisotopic (exact) mass is 870 g/mol. The third-order valence-electron chi connectivity index (χ3n) is 9.27. The van der Waals surface area contributed by atoms with E-state index in [0.29, 0.717) is 13.0 Å². The van der Waals surface area contributed by atoms with Crippen LogP contribution in [-0.2, 0) is 38.2 Å². The van der Waals surface area contributed by atoms with E-state index in [1.165, 1.54) is 20.8 Å². The van der Waals surface area contributed by atoms with Gasteiger partial charge in [-0.15, -0.1) is 11.8 Å². The highest BCUT2D eigenvalue weighted by Gasteiger charge is 2.45. The number of nitrogens with two attached hydrogens (primary N) is 1. The first-order chi connectivity index (χ1) is 26.6. The van der Waals surface area contributed by atoms with E-state index in [0.717, 1.165) is 30.8 Å². The van der Waals surface area contributed by atoms with Crippen LogP contribution < -0.4 is 49.3 Å². The fraction of sp³-hybridized carbons (Fsp3) is 0.415. The van der Waals surface area contributed by atoms with Crippen molar-refractivity contribution >= 4 is 70.5 Å². The number of nitrogens with zero attached hydrogens (tertiary/aromatic N) is 1. The number of carbonyl (C=O) groups is 6. The summed E-state index contributed by atoms with van der Waals surface area (Å²) in [5.41, 5.74) is 5.82. The number of esters is 2. The molecule has 4 N–H and O–H groups in total. The van der Waals surface area contributed by atoms with Gasteiger partial charge in [0.25, 0.3) is 0 Å². The first-order valence-electron chi connectivity index (χ1n) is 18.8. The Hall–Kier alpha value is -4.10. The summed E-state index contributed by atoms with van der Waals surface area (Å²) >= 11 is 1.10. The van der Waals surface area contributed by atoms with E-state index >= 15 is 0 Å². The second-order valence-electron chi connectivity index (χ2n) is 13.1. The number of hydrogen-bond donors (Lipinski definition) is 3. The van der Waals surface area contributed by atoms with E-state index in [4.69, 9.17) is 15.2 Å². The highest BCUT2D eigenvalue weighted by atomic mass is 79.9. The van der Waals surface area contributed by atoms with Gasteiger partial charge in [0.05, 0.1) is 24.6 Å². The smallest absolute Gasteiger partial charge is 0.325 e. The SMILES string of the molecule is CCOC(=O)CNC(=O)[C@H](CSC1CC(=O)N(CCCCC[P+](c2ccccc2)(c2ccccc2)c2ccccc2)C1=O)NC(=O)CC[C@H](N)C(=O)OCC.[Br-]. The quantitative estimate of drug-likeness (QED) is 0.0534. The Labute approximate surface area is 344 Å². The largest absolute Gasteiger partial charge is 1.00 e. The molecule has 1 unspecified atom stereocenters. The van der Waals surface area contributed by atoms with Gasteiger partial charge in [0.15, 0.2) is 0 Å². The summed E-state index contributed by atoms with van der Waals surface area (Å²) in [5.74, 6) is -3.12. The van der Waals surface area contributed by atoms with E-state index in [2.05, 4.69) is 83.4 Å². The van der Waals surface area contributed by atoms with Crippen molar-refractivity contribution in [1.82, 2.24) is 15.5 Å². The lowest BCUT2D eigenvalue weighted by molar-refractivity contribution is -0.145. The van der Waals surface area contributed by atoms with Crippen LogP contribution in [0.4, 0.5) is 0 Å². The minimum Gasteiger partial charge on any atom is -1.00 e. The molecule has 3 atom stereocenters. The minimum absolute atomic E-state index is 0. The molecule has 0 bridgehead atoms. The lowest BCUT2D eigenvalue weighted by Gasteiger charge is -2.27. The average molecular weight is 872 g/mol.